The van der Waals surface area contributed by atoms with Crippen molar-refractivity contribution in [3.63, 3.8) is 0 Å². The summed E-state index contributed by atoms with van der Waals surface area (Å²) < 4.78 is 15.7. The standard InChI is InChI=1S/C37H47FN2O5/c1-20(2)15-31(40-35(44)28(26(8)41)14-13-24(6)37(9)19-25(37)7)36(45)39-30(18-32(42)43)29-17-27(16-23(5)34(29)38)33-21(3)11-10-12-22(33)4/h10-14,16-17,20,25,30-31H,15,18-19H2,1-9H3,(H,39,45)(H,40,44)(H,42,43)/b24-13+,28-14+/t25?,30?,31-,37?/m0/s1. The molecule has 0 saturated heterocycles. The molecule has 2 aromatic rings. The molecule has 8 heteroatoms. The number of Topliss-reactive ketones (excluding diaryl/α,β-unsaturated/α-hetero) is 1. The van der Waals surface area contributed by atoms with Crippen LogP contribution in [-0.4, -0.2) is 34.7 Å². The zero-order chi connectivity index (χ0) is 33.8. The average molecular weight is 619 g/mol. The van der Waals surface area contributed by atoms with Gasteiger partial charge >= 0.3 is 5.97 Å². The minimum absolute atomic E-state index is 0.0338. The van der Waals surface area contributed by atoms with Crippen LogP contribution in [0.5, 0.6) is 0 Å². The van der Waals surface area contributed by atoms with Crippen molar-refractivity contribution in [1.29, 1.82) is 0 Å². The second kappa shape index (κ2) is 14.4. The number of hydrogen-bond acceptors (Lipinski definition) is 4. The molecular formula is C37H47FN2O5. The summed E-state index contributed by atoms with van der Waals surface area (Å²) >= 11 is 0. The van der Waals surface area contributed by atoms with Gasteiger partial charge in [-0.2, -0.15) is 0 Å². The first kappa shape index (κ1) is 35.4. The van der Waals surface area contributed by atoms with Crippen molar-refractivity contribution in [1.82, 2.24) is 10.6 Å². The lowest BCUT2D eigenvalue weighted by molar-refractivity contribution is -0.138. The van der Waals surface area contributed by atoms with E-state index in [0.29, 0.717) is 17.0 Å². The maximum atomic E-state index is 15.7. The first-order chi connectivity index (χ1) is 21.0. The summed E-state index contributed by atoms with van der Waals surface area (Å²) in [5, 5.41) is 15.2. The molecule has 0 aromatic heterocycles. The molecule has 0 bridgehead atoms. The Balaban J connectivity index is 1.96. The third-order valence-electron chi connectivity index (χ3n) is 9.13. The van der Waals surface area contributed by atoms with Gasteiger partial charge in [0.15, 0.2) is 5.78 Å². The number of halogens is 1. The summed E-state index contributed by atoms with van der Waals surface area (Å²) in [6.07, 6.45) is 3.97. The number of hydrogen-bond donors (Lipinski definition) is 3. The molecule has 7 nitrogen and oxygen atoms in total. The Labute approximate surface area is 266 Å². The van der Waals surface area contributed by atoms with Crippen molar-refractivity contribution in [2.45, 2.75) is 93.7 Å². The molecular weight excluding hydrogens is 571 g/mol. The smallest absolute Gasteiger partial charge is 0.305 e. The van der Waals surface area contributed by atoms with E-state index in [1.165, 1.54) is 13.0 Å². The number of rotatable bonds is 13. The fourth-order valence-electron chi connectivity index (χ4n) is 5.97. The Morgan fingerprint density at radius 3 is 2.13 bits per heavy atom. The van der Waals surface area contributed by atoms with Crippen LogP contribution in [0, 0.1) is 43.8 Å². The minimum Gasteiger partial charge on any atom is -0.481 e. The maximum Gasteiger partial charge on any atom is 0.305 e. The Kier molecular flexibility index (Phi) is 11.3. The molecule has 2 aromatic carbocycles. The number of allylic oxidation sites excluding steroid dienone is 3. The Hall–Kier alpha value is -4.07. The van der Waals surface area contributed by atoms with Gasteiger partial charge in [0.1, 0.15) is 11.9 Å². The van der Waals surface area contributed by atoms with Gasteiger partial charge in [0.25, 0.3) is 5.91 Å². The number of aryl methyl sites for hydroxylation is 3. The molecule has 4 atom stereocenters. The van der Waals surface area contributed by atoms with Crippen LogP contribution in [0.3, 0.4) is 0 Å². The highest BCUT2D eigenvalue weighted by molar-refractivity contribution is 6.19. The van der Waals surface area contributed by atoms with Crippen LogP contribution in [0.2, 0.25) is 0 Å². The van der Waals surface area contributed by atoms with E-state index in [1.807, 2.05) is 52.8 Å². The molecule has 3 unspecified atom stereocenters. The van der Waals surface area contributed by atoms with E-state index in [1.54, 1.807) is 25.1 Å². The molecule has 0 radical (unpaired) electrons. The molecule has 3 N–H and O–H groups in total. The Morgan fingerprint density at radius 2 is 1.62 bits per heavy atom. The summed E-state index contributed by atoms with van der Waals surface area (Å²) in [7, 11) is 0. The van der Waals surface area contributed by atoms with Crippen LogP contribution in [0.4, 0.5) is 4.39 Å². The van der Waals surface area contributed by atoms with Gasteiger partial charge in [-0.05, 0) is 111 Å². The third-order valence-corrected chi connectivity index (χ3v) is 9.13. The van der Waals surface area contributed by atoms with Crippen molar-refractivity contribution in [3.8, 4) is 11.1 Å². The molecule has 1 fully saturated rings. The minimum atomic E-state index is -1.22. The topological polar surface area (TPSA) is 113 Å². The molecule has 0 aliphatic heterocycles. The molecule has 0 spiro atoms. The molecule has 3 rings (SSSR count). The van der Waals surface area contributed by atoms with E-state index in [2.05, 4.69) is 24.5 Å². The number of ketones is 1. The van der Waals surface area contributed by atoms with E-state index < -0.39 is 47.9 Å². The number of nitrogens with one attached hydrogen (secondary N) is 2. The number of benzene rings is 2. The van der Waals surface area contributed by atoms with Crippen molar-refractivity contribution < 1.29 is 28.7 Å². The number of carboxylic acid groups (broad SMARTS) is 1. The molecule has 242 valence electrons. The highest BCUT2D eigenvalue weighted by Gasteiger charge is 2.47. The van der Waals surface area contributed by atoms with Crippen LogP contribution < -0.4 is 10.6 Å². The highest BCUT2D eigenvalue weighted by Crippen LogP contribution is 2.56. The number of carboxylic acids is 1. The van der Waals surface area contributed by atoms with E-state index >= 15 is 4.39 Å². The van der Waals surface area contributed by atoms with Gasteiger partial charge in [0.05, 0.1) is 18.0 Å². The summed E-state index contributed by atoms with van der Waals surface area (Å²) in [6.45, 7) is 16.8. The van der Waals surface area contributed by atoms with Gasteiger partial charge in [0.2, 0.25) is 5.91 Å². The monoisotopic (exact) mass is 618 g/mol. The zero-order valence-corrected chi connectivity index (χ0v) is 27.9. The Bertz CT molecular complexity index is 1540. The van der Waals surface area contributed by atoms with Gasteiger partial charge in [-0.1, -0.05) is 57.5 Å². The lowest BCUT2D eigenvalue weighted by Gasteiger charge is -2.25. The third kappa shape index (κ3) is 8.56. The average Bonchev–Trinajstić information content (AvgIpc) is 3.55. The fraction of sp³-hybridized carbons (Fsp3) is 0.459. The van der Waals surface area contributed by atoms with Gasteiger partial charge in [-0.25, -0.2) is 4.39 Å². The lowest BCUT2D eigenvalue weighted by Crippen LogP contribution is -2.49. The lowest BCUT2D eigenvalue weighted by atomic mass is 9.90. The van der Waals surface area contributed by atoms with Crippen molar-refractivity contribution in [2.75, 3.05) is 0 Å². The highest BCUT2D eigenvalue weighted by atomic mass is 19.1. The Morgan fingerprint density at radius 1 is 1.02 bits per heavy atom. The number of amides is 2. The second-order valence-electron chi connectivity index (χ2n) is 13.3. The first-order valence-corrected chi connectivity index (χ1v) is 15.6. The molecule has 1 saturated carbocycles. The quantitative estimate of drug-likeness (QED) is 0.0961. The van der Waals surface area contributed by atoms with Crippen LogP contribution in [0.15, 0.2) is 53.6 Å². The molecule has 1 aliphatic carbocycles. The summed E-state index contributed by atoms with van der Waals surface area (Å²) in [5.41, 5.74) is 4.96. The summed E-state index contributed by atoms with van der Waals surface area (Å²) in [5.74, 6) is -3.15. The van der Waals surface area contributed by atoms with E-state index in [4.69, 9.17) is 0 Å². The SMILES string of the molecule is CC(=O)/C(=C\C=C(/C)C1(C)CC1C)C(=O)N[C@@H](CC(C)C)C(=O)NC(CC(=O)O)c1cc(-c2c(C)cccc2C)cc(C)c1F. The summed E-state index contributed by atoms with van der Waals surface area (Å²) in [6, 6.07) is 6.83. The van der Waals surface area contributed by atoms with Crippen LogP contribution in [0.1, 0.15) is 89.1 Å². The van der Waals surface area contributed by atoms with Crippen molar-refractivity contribution in [3.05, 3.63) is 81.7 Å². The van der Waals surface area contributed by atoms with Gasteiger partial charge in [-0.15, -0.1) is 0 Å². The zero-order valence-electron chi connectivity index (χ0n) is 27.9. The molecule has 1 aliphatic rings. The van der Waals surface area contributed by atoms with Crippen molar-refractivity contribution in [2.24, 2.45) is 17.3 Å². The molecule has 45 heavy (non-hydrogen) atoms. The van der Waals surface area contributed by atoms with E-state index in [0.717, 1.165) is 28.7 Å². The van der Waals surface area contributed by atoms with Crippen LogP contribution >= 0.6 is 0 Å². The van der Waals surface area contributed by atoms with Gasteiger partial charge < -0.3 is 15.7 Å². The van der Waals surface area contributed by atoms with Gasteiger partial charge in [0, 0.05) is 5.56 Å². The summed E-state index contributed by atoms with van der Waals surface area (Å²) in [4.78, 5) is 51.5. The fourth-order valence-corrected chi connectivity index (χ4v) is 5.97. The van der Waals surface area contributed by atoms with E-state index in [-0.39, 0.29) is 28.9 Å². The number of carbonyl (C=O) groups is 4. The van der Waals surface area contributed by atoms with Crippen LogP contribution in [-0.2, 0) is 19.2 Å². The normalized spacial score (nSPS) is 19.6. The van der Waals surface area contributed by atoms with Gasteiger partial charge in [-0.3, -0.25) is 19.2 Å². The van der Waals surface area contributed by atoms with Crippen LogP contribution in [0.25, 0.3) is 11.1 Å². The predicted molar refractivity (Wildman–Crippen MR) is 175 cm³/mol. The predicted octanol–water partition coefficient (Wildman–Crippen LogP) is 7.09. The largest absolute Gasteiger partial charge is 0.481 e. The molecule has 0 heterocycles. The number of carbonyl (C=O) groups excluding carboxylic acids is 3. The van der Waals surface area contributed by atoms with E-state index in [9.17, 15) is 24.3 Å². The second-order valence-corrected chi connectivity index (χ2v) is 13.3. The first-order valence-electron chi connectivity index (χ1n) is 15.6. The number of aliphatic carboxylic acids is 1. The van der Waals surface area contributed by atoms with Crippen molar-refractivity contribution >= 4 is 23.6 Å². The maximum absolute atomic E-state index is 15.7. The molecule has 2 amide bonds.